The van der Waals surface area contributed by atoms with Crippen LogP contribution in [0.5, 0.6) is 0 Å². The summed E-state index contributed by atoms with van der Waals surface area (Å²) in [5.74, 6) is -6.91. The van der Waals surface area contributed by atoms with Crippen LogP contribution in [-0.2, 0) is 22.3 Å². The lowest BCUT2D eigenvalue weighted by Crippen LogP contribution is -2.37. The number of hydrogen-bond donors (Lipinski definition) is 2. The number of halogens is 6. The molecule has 2 rings (SSSR count). The Morgan fingerprint density at radius 3 is 2.29 bits per heavy atom. The topological polar surface area (TPSA) is 80.2 Å². The summed E-state index contributed by atoms with van der Waals surface area (Å²) in [4.78, 5) is 34.9. The van der Waals surface area contributed by atoms with Crippen LogP contribution in [0.15, 0.2) is 35.3 Å². The number of anilines is 1. The Balaban J connectivity index is 1.97. The van der Waals surface area contributed by atoms with Crippen molar-refractivity contribution in [2.45, 2.75) is 12.7 Å². The highest BCUT2D eigenvalue weighted by molar-refractivity contribution is 5.94. The molecule has 2 aromatic rings. The molecule has 150 valence electrons. The molecule has 2 N–H and O–H groups in total. The van der Waals surface area contributed by atoms with E-state index in [1.807, 2.05) is 10.6 Å². The van der Waals surface area contributed by atoms with Crippen LogP contribution in [0, 0.1) is 17.5 Å². The lowest BCUT2D eigenvalue weighted by atomic mass is 10.2. The smallest absolute Gasteiger partial charge is 0.345 e. The van der Waals surface area contributed by atoms with Gasteiger partial charge in [-0.2, -0.15) is 13.2 Å². The van der Waals surface area contributed by atoms with Gasteiger partial charge in [-0.05, 0) is 18.2 Å². The van der Waals surface area contributed by atoms with Gasteiger partial charge >= 0.3 is 6.18 Å². The van der Waals surface area contributed by atoms with E-state index in [2.05, 4.69) is 0 Å². The minimum atomic E-state index is -4.72. The standard InChI is InChI=1S/C16H11F6N3O3/c17-9-2-3-10(15(19)14(9)18)24-11(26)5-23-12(27)7-25-6-8(16(20,21)22)1-4-13(25)28/h1-4,6H,5,7H2,(H,23,27)(H,24,26). The van der Waals surface area contributed by atoms with Crippen molar-refractivity contribution in [3.05, 3.63) is 63.8 Å². The Hall–Kier alpha value is -3.31. The first-order valence-corrected chi connectivity index (χ1v) is 7.47. The molecule has 0 unspecified atom stereocenters. The van der Waals surface area contributed by atoms with Crippen molar-refractivity contribution in [1.29, 1.82) is 0 Å². The van der Waals surface area contributed by atoms with E-state index in [0.717, 1.165) is 6.07 Å². The van der Waals surface area contributed by atoms with Crippen LogP contribution in [0.4, 0.5) is 32.0 Å². The van der Waals surface area contributed by atoms with Gasteiger partial charge in [0, 0.05) is 12.3 Å². The first-order chi connectivity index (χ1) is 13.0. The Labute approximate surface area is 152 Å². The van der Waals surface area contributed by atoms with Crippen LogP contribution in [0.3, 0.4) is 0 Å². The van der Waals surface area contributed by atoms with Crippen LogP contribution >= 0.6 is 0 Å². The van der Waals surface area contributed by atoms with Crippen LogP contribution in [0.2, 0.25) is 0 Å². The van der Waals surface area contributed by atoms with E-state index < -0.39 is 65.3 Å². The largest absolute Gasteiger partial charge is 0.417 e. The molecule has 6 nitrogen and oxygen atoms in total. The fourth-order valence-electron chi connectivity index (χ4n) is 2.03. The fraction of sp³-hybridized carbons (Fsp3) is 0.188. The first-order valence-electron chi connectivity index (χ1n) is 7.47. The lowest BCUT2D eigenvalue weighted by Gasteiger charge is -2.11. The number of alkyl halides is 3. The number of carbonyl (C=O) groups is 2. The molecule has 0 saturated heterocycles. The van der Waals surface area contributed by atoms with E-state index in [1.165, 1.54) is 0 Å². The van der Waals surface area contributed by atoms with Gasteiger partial charge in [-0.15, -0.1) is 0 Å². The maximum Gasteiger partial charge on any atom is 0.417 e. The van der Waals surface area contributed by atoms with E-state index in [9.17, 15) is 40.7 Å². The van der Waals surface area contributed by atoms with Crippen molar-refractivity contribution >= 4 is 17.5 Å². The molecule has 0 radical (unpaired) electrons. The van der Waals surface area contributed by atoms with Crippen LogP contribution < -0.4 is 16.2 Å². The summed E-state index contributed by atoms with van der Waals surface area (Å²) in [5.41, 5.74) is -2.70. The third-order valence-corrected chi connectivity index (χ3v) is 3.38. The molecule has 0 aliphatic carbocycles. The molecule has 28 heavy (non-hydrogen) atoms. The van der Waals surface area contributed by atoms with Gasteiger partial charge < -0.3 is 15.2 Å². The average molecular weight is 407 g/mol. The van der Waals surface area contributed by atoms with E-state index >= 15 is 0 Å². The van der Waals surface area contributed by atoms with Gasteiger partial charge in [-0.1, -0.05) is 0 Å². The molecule has 1 heterocycles. The van der Waals surface area contributed by atoms with Crippen LogP contribution in [0.1, 0.15) is 5.56 Å². The Morgan fingerprint density at radius 2 is 1.64 bits per heavy atom. The van der Waals surface area contributed by atoms with E-state index in [1.54, 1.807) is 0 Å². The van der Waals surface area contributed by atoms with Gasteiger partial charge in [0.1, 0.15) is 6.54 Å². The van der Waals surface area contributed by atoms with Crippen LogP contribution in [0.25, 0.3) is 0 Å². The van der Waals surface area contributed by atoms with Gasteiger partial charge in [0.2, 0.25) is 11.8 Å². The zero-order valence-electron chi connectivity index (χ0n) is 13.7. The number of nitrogens with zero attached hydrogens (tertiary/aromatic N) is 1. The van der Waals surface area contributed by atoms with Gasteiger partial charge in [-0.3, -0.25) is 14.4 Å². The predicted octanol–water partition coefficient (Wildman–Crippen LogP) is 2.04. The number of aromatic nitrogens is 1. The van der Waals surface area contributed by atoms with Crippen LogP contribution in [-0.4, -0.2) is 22.9 Å². The minimum absolute atomic E-state index is 0.443. The fourth-order valence-corrected chi connectivity index (χ4v) is 2.03. The van der Waals surface area contributed by atoms with Crippen molar-refractivity contribution in [2.75, 3.05) is 11.9 Å². The number of carbonyl (C=O) groups excluding carboxylic acids is 2. The number of pyridine rings is 1. The van der Waals surface area contributed by atoms with E-state index in [4.69, 9.17) is 0 Å². The zero-order valence-corrected chi connectivity index (χ0v) is 13.7. The number of benzene rings is 1. The summed E-state index contributed by atoms with van der Waals surface area (Å²) in [5, 5.41) is 3.89. The molecule has 0 atom stereocenters. The molecule has 0 spiro atoms. The Morgan fingerprint density at radius 1 is 0.964 bits per heavy atom. The maximum absolute atomic E-state index is 13.4. The highest BCUT2D eigenvalue weighted by Gasteiger charge is 2.31. The zero-order chi connectivity index (χ0) is 21.1. The molecule has 12 heteroatoms. The molecule has 0 aliphatic heterocycles. The highest BCUT2D eigenvalue weighted by Crippen LogP contribution is 2.28. The maximum atomic E-state index is 13.4. The summed E-state index contributed by atoms with van der Waals surface area (Å²) in [6.45, 7) is -1.57. The lowest BCUT2D eigenvalue weighted by molar-refractivity contribution is -0.138. The molecular weight excluding hydrogens is 396 g/mol. The normalized spacial score (nSPS) is 11.2. The molecular formula is C16H11F6N3O3. The number of nitrogens with one attached hydrogen (secondary N) is 2. The third kappa shape index (κ3) is 5.11. The molecule has 0 aliphatic rings. The summed E-state index contributed by atoms with van der Waals surface area (Å²) in [7, 11) is 0. The molecule has 0 saturated carbocycles. The second kappa shape index (κ2) is 8.15. The average Bonchev–Trinajstić information content (AvgIpc) is 2.61. The molecule has 1 aromatic heterocycles. The van der Waals surface area contributed by atoms with Crippen molar-refractivity contribution in [3.8, 4) is 0 Å². The Bertz CT molecular complexity index is 971. The second-order valence-corrected chi connectivity index (χ2v) is 5.43. The van der Waals surface area contributed by atoms with Gasteiger partial charge in [-0.25, -0.2) is 13.2 Å². The second-order valence-electron chi connectivity index (χ2n) is 5.43. The Kier molecular flexibility index (Phi) is 6.11. The van der Waals surface area contributed by atoms with Gasteiger partial charge in [0.05, 0.1) is 17.8 Å². The van der Waals surface area contributed by atoms with E-state index in [0.29, 0.717) is 29.0 Å². The molecule has 0 bridgehead atoms. The first kappa shape index (κ1) is 21.0. The quantitative estimate of drug-likeness (QED) is 0.588. The van der Waals surface area contributed by atoms with E-state index in [-0.39, 0.29) is 0 Å². The highest BCUT2D eigenvalue weighted by atomic mass is 19.4. The van der Waals surface area contributed by atoms with Gasteiger partial charge in [0.15, 0.2) is 17.5 Å². The number of amides is 2. The summed E-state index contributed by atoms with van der Waals surface area (Å²) < 4.78 is 77.7. The molecule has 1 aromatic carbocycles. The summed E-state index contributed by atoms with van der Waals surface area (Å²) in [6.07, 6.45) is -4.28. The summed E-state index contributed by atoms with van der Waals surface area (Å²) in [6, 6.07) is 2.53. The van der Waals surface area contributed by atoms with Crippen molar-refractivity contribution in [1.82, 2.24) is 9.88 Å². The monoisotopic (exact) mass is 407 g/mol. The minimum Gasteiger partial charge on any atom is -0.345 e. The van der Waals surface area contributed by atoms with Crippen molar-refractivity contribution in [3.63, 3.8) is 0 Å². The third-order valence-electron chi connectivity index (χ3n) is 3.38. The van der Waals surface area contributed by atoms with Crippen molar-refractivity contribution in [2.24, 2.45) is 0 Å². The predicted molar refractivity (Wildman–Crippen MR) is 83.7 cm³/mol. The number of rotatable bonds is 5. The summed E-state index contributed by atoms with van der Waals surface area (Å²) >= 11 is 0. The van der Waals surface area contributed by atoms with Gasteiger partial charge in [0.25, 0.3) is 5.56 Å². The van der Waals surface area contributed by atoms with Crippen molar-refractivity contribution < 1.29 is 35.9 Å². The number of hydrogen-bond acceptors (Lipinski definition) is 3. The molecule has 2 amide bonds. The SMILES string of the molecule is O=C(Cn1cc(C(F)(F)F)ccc1=O)NCC(=O)Nc1ccc(F)c(F)c1F. The molecule has 0 fully saturated rings.